The number of aryl methyl sites for hydroxylation is 2. The van der Waals surface area contributed by atoms with Gasteiger partial charge in [0.15, 0.2) is 13.2 Å². The summed E-state index contributed by atoms with van der Waals surface area (Å²) in [6.07, 6.45) is 0. The van der Waals surface area contributed by atoms with E-state index >= 15 is 0 Å². The summed E-state index contributed by atoms with van der Waals surface area (Å²) in [5.74, 6) is 0.455. The molecule has 8 heteroatoms. The number of anilines is 2. The first-order valence-electron chi connectivity index (χ1n) is 9.78. The number of halogens is 2. The molecular formula is C24H22Br2N2O4. The molecule has 0 fully saturated rings. The summed E-state index contributed by atoms with van der Waals surface area (Å²) in [6, 6.07) is 18.2. The van der Waals surface area contributed by atoms with Gasteiger partial charge in [-0.05, 0) is 93.2 Å². The summed E-state index contributed by atoms with van der Waals surface area (Å²) in [5, 5.41) is 5.53. The molecule has 0 aromatic heterocycles. The van der Waals surface area contributed by atoms with Gasteiger partial charge in [0.2, 0.25) is 0 Å². The van der Waals surface area contributed by atoms with E-state index in [0.29, 0.717) is 22.9 Å². The van der Waals surface area contributed by atoms with Crippen molar-refractivity contribution >= 4 is 55.0 Å². The molecule has 0 atom stereocenters. The number of benzene rings is 3. The number of nitrogens with one attached hydrogen (secondary N) is 2. The summed E-state index contributed by atoms with van der Waals surface area (Å²) in [5.41, 5.74) is 3.09. The molecule has 0 aliphatic rings. The van der Waals surface area contributed by atoms with Crippen LogP contribution >= 0.6 is 31.9 Å². The van der Waals surface area contributed by atoms with Gasteiger partial charge < -0.3 is 20.1 Å². The van der Waals surface area contributed by atoms with E-state index in [-0.39, 0.29) is 25.0 Å². The Balaban J connectivity index is 1.56. The van der Waals surface area contributed by atoms with Gasteiger partial charge in [-0.25, -0.2) is 0 Å². The van der Waals surface area contributed by atoms with Crippen molar-refractivity contribution in [3.63, 3.8) is 0 Å². The van der Waals surface area contributed by atoms with E-state index in [2.05, 4.69) is 42.5 Å². The smallest absolute Gasteiger partial charge is 0.262 e. The zero-order valence-electron chi connectivity index (χ0n) is 17.6. The van der Waals surface area contributed by atoms with Crippen LogP contribution in [0.3, 0.4) is 0 Å². The Morgan fingerprint density at radius 2 is 1.12 bits per heavy atom. The van der Waals surface area contributed by atoms with Gasteiger partial charge in [0.05, 0.1) is 20.3 Å². The predicted octanol–water partition coefficient (Wildman–Crippen LogP) is 5.86. The second-order valence-corrected chi connectivity index (χ2v) is 8.80. The average Bonchev–Trinajstić information content (AvgIpc) is 2.74. The van der Waals surface area contributed by atoms with E-state index in [1.807, 2.05) is 38.1 Å². The summed E-state index contributed by atoms with van der Waals surface area (Å²) >= 11 is 6.85. The Bertz CT molecular complexity index is 1050. The molecule has 0 aliphatic heterocycles. The Morgan fingerprint density at radius 1 is 0.719 bits per heavy atom. The van der Waals surface area contributed by atoms with Gasteiger partial charge in [0.25, 0.3) is 11.8 Å². The molecule has 2 N–H and O–H groups in total. The molecule has 0 saturated heterocycles. The molecule has 166 valence electrons. The zero-order chi connectivity index (χ0) is 23.1. The van der Waals surface area contributed by atoms with Crippen LogP contribution in [0, 0.1) is 13.8 Å². The monoisotopic (exact) mass is 560 g/mol. The number of rotatable bonds is 8. The number of carbonyl (C=O) groups excluding carboxylic acids is 2. The quantitative estimate of drug-likeness (QED) is 0.361. The molecular weight excluding hydrogens is 540 g/mol. The van der Waals surface area contributed by atoms with Gasteiger partial charge in [0, 0.05) is 0 Å². The van der Waals surface area contributed by atoms with Crippen molar-refractivity contribution in [2.75, 3.05) is 23.8 Å². The first kappa shape index (κ1) is 23.8. The van der Waals surface area contributed by atoms with Crippen molar-refractivity contribution < 1.29 is 19.1 Å². The molecule has 6 nitrogen and oxygen atoms in total. The van der Waals surface area contributed by atoms with Gasteiger partial charge >= 0.3 is 0 Å². The van der Waals surface area contributed by atoms with Crippen molar-refractivity contribution in [2.24, 2.45) is 0 Å². The summed E-state index contributed by atoms with van der Waals surface area (Å²) in [7, 11) is 0. The molecule has 3 aromatic rings. The number of para-hydroxylation sites is 2. The maximum Gasteiger partial charge on any atom is 0.262 e. The van der Waals surface area contributed by atoms with Gasteiger partial charge in [-0.15, -0.1) is 0 Å². The second-order valence-electron chi connectivity index (χ2n) is 7.09. The lowest BCUT2D eigenvalue weighted by atomic mass is 10.2. The Morgan fingerprint density at radius 3 is 1.50 bits per heavy atom. The molecule has 32 heavy (non-hydrogen) atoms. The van der Waals surface area contributed by atoms with Crippen LogP contribution < -0.4 is 20.1 Å². The maximum atomic E-state index is 12.4. The third kappa shape index (κ3) is 6.83. The van der Waals surface area contributed by atoms with Gasteiger partial charge in [-0.2, -0.15) is 0 Å². The highest BCUT2D eigenvalue weighted by atomic mass is 79.9. The highest BCUT2D eigenvalue weighted by Crippen LogP contribution is 2.27. The molecule has 2 amide bonds. The van der Waals surface area contributed by atoms with Crippen LogP contribution in [0.2, 0.25) is 0 Å². The fourth-order valence-electron chi connectivity index (χ4n) is 2.81. The van der Waals surface area contributed by atoms with Crippen LogP contribution in [-0.2, 0) is 9.59 Å². The van der Waals surface area contributed by atoms with Crippen molar-refractivity contribution in [1.82, 2.24) is 0 Å². The first-order chi connectivity index (χ1) is 15.3. The predicted molar refractivity (Wildman–Crippen MR) is 132 cm³/mol. The SMILES string of the molecule is Cc1ccc(OCC(=O)Nc2ccccc2NC(=O)COc2ccc(C)cc2Br)c(Br)c1. The second kappa shape index (κ2) is 11.2. The van der Waals surface area contributed by atoms with Crippen LogP contribution in [0.4, 0.5) is 11.4 Å². The standard InChI is InChI=1S/C24H22Br2N2O4/c1-15-7-9-21(17(25)11-15)31-13-23(29)27-19-5-3-4-6-20(19)28-24(30)14-32-22-10-8-16(2)12-18(22)26/h3-12H,13-14H2,1-2H3,(H,27,29)(H,28,30). The van der Waals surface area contributed by atoms with Crippen LogP contribution in [0.15, 0.2) is 69.6 Å². The number of carbonyl (C=O) groups is 2. The van der Waals surface area contributed by atoms with Crippen molar-refractivity contribution in [3.8, 4) is 11.5 Å². The van der Waals surface area contributed by atoms with Gasteiger partial charge in [-0.3, -0.25) is 9.59 Å². The summed E-state index contributed by atoms with van der Waals surface area (Å²) in [4.78, 5) is 24.8. The molecule has 0 heterocycles. The zero-order valence-corrected chi connectivity index (χ0v) is 20.7. The lowest BCUT2D eigenvalue weighted by Crippen LogP contribution is -2.23. The molecule has 3 aromatic carbocycles. The van der Waals surface area contributed by atoms with Crippen molar-refractivity contribution in [2.45, 2.75) is 13.8 Å². The molecule has 0 aliphatic carbocycles. The Kier molecular flexibility index (Phi) is 8.30. The van der Waals surface area contributed by atoms with E-state index in [1.54, 1.807) is 36.4 Å². The largest absolute Gasteiger partial charge is 0.483 e. The third-order valence-corrected chi connectivity index (χ3v) is 5.61. The number of amides is 2. The maximum absolute atomic E-state index is 12.4. The van der Waals surface area contributed by atoms with E-state index < -0.39 is 0 Å². The number of hydrogen-bond donors (Lipinski definition) is 2. The van der Waals surface area contributed by atoms with Crippen LogP contribution in [-0.4, -0.2) is 25.0 Å². The third-order valence-electron chi connectivity index (χ3n) is 4.37. The summed E-state index contributed by atoms with van der Waals surface area (Å²) in [6.45, 7) is 3.59. The van der Waals surface area contributed by atoms with Crippen molar-refractivity contribution in [3.05, 3.63) is 80.7 Å². The molecule has 0 radical (unpaired) electrons. The molecule has 0 unspecified atom stereocenters. The van der Waals surface area contributed by atoms with Crippen LogP contribution in [0.25, 0.3) is 0 Å². The molecule has 0 spiro atoms. The number of ether oxygens (including phenoxy) is 2. The minimum absolute atomic E-state index is 0.172. The highest BCUT2D eigenvalue weighted by molar-refractivity contribution is 9.10. The molecule has 0 saturated carbocycles. The average molecular weight is 562 g/mol. The molecule has 3 rings (SSSR count). The minimum Gasteiger partial charge on any atom is -0.483 e. The molecule has 0 bridgehead atoms. The Labute approximate surface area is 203 Å². The normalized spacial score (nSPS) is 10.4. The topological polar surface area (TPSA) is 76.7 Å². The van der Waals surface area contributed by atoms with Gasteiger partial charge in [0.1, 0.15) is 11.5 Å². The first-order valence-corrected chi connectivity index (χ1v) is 11.4. The minimum atomic E-state index is -0.348. The lowest BCUT2D eigenvalue weighted by Gasteiger charge is -2.14. The summed E-state index contributed by atoms with van der Waals surface area (Å²) < 4.78 is 12.7. The van der Waals surface area contributed by atoms with E-state index in [0.717, 1.165) is 20.1 Å². The number of hydrogen-bond acceptors (Lipinski definition) is 4. The van der Waals surface area contributed by atoms with Crippen molar-refractivity contribution in [1.29, 1.82) is 0 Å². The van der Waals surface area contributed by atoms with E-state index in [1.165, 1.54) is 0 Å². The highest BCUT2D eigenvalue weighted by Gasteiger charge is 2.12. The lowest BCUT2D eigenvalue weighted by molar-refractivity contribution is -0.119. The fourth-order valence-corrected chi connectivity index (χ4v) is 4.02. The van der Waals surface area contributed by atoms with Crippen LogP contribution in [0.1, 0.15) is 11.1 Å². The Hall–Kier alpha value is -2.84. The van der Waals surface area contributed by atoms with Gasteiger partial charge in [-0.1, -0.05) is 24.3 Å². The van der Waals surface area contributed by atoms with Crippen LogP contribution in [0.5, 0.6) is 11.5 Å². The fraction of sp³-hybridized carbons (Fsp3) is 0.167. The van der Waals surface area contributed by atoms with E-state index in [4.69, 9.17) is 9.47 Å². The van der Waals surface area contributed by atoms with E-state index in [9.17, 15) is 9.59 Å².